The van der Waals surface area contributed by atoms with E-state index >= 15 is 0 Å². The summed E-state index contributed by atoms with van der Waals surface area (Å²) in [7, 11) is 3.13. The van der Waals surface area contributed by atoms with Gasteiger partial charge in [-0.15, -0.1) is 0 Å². The molecular weight excluding hydrogens is 350 g/mol. The molecule has 1 atom stereocenters. The number of carboxylic acid groups (broad SMARTS) is 1. The number of carboxylic acids is 1. The van der Waals surface area contributed by atoms with E-state index in [1.54, 1.807) is 47.1 Å². The topological polar surface area (TPSA) is 94.1 Å². The molecule has 146 valence electrons. The quantitative estimate of drug-likeness (QED) is 0.804. The Morgan fingerprint density at radius 3 is 2.33 bits per heavy atom. The Hall–Kier alpha value is -2.96. The molecule has 27 heavy (non-hydrogen) atoms. The van der Waals surface area contributed by atoms with Gasteiger partial charge in [0.15, 0.2) is 0 Å². The van der Waals surface area contributed by atoms with Gasteiger partial charge < -0.3 is 24.6 Å². The largest absolute Gasteiger partial charge is 0.497 e. The van der Waals surface area contributed by atoms with Crippen LogP contribution in [0.4, 0.5) is 4.79 Å². The molecule has 0 aliphatic rings. The van der Waals surface area contributed by atoms with Crippen molar-refractivity contribution in [3.63, 3.8) is 0 Å². The minimum absolute atomic E-state index is 0.0856. The van der Waals surface area contributed by atoms with Crippen LogP contribution in [0.1, 0.15) is 26.3 Å². The van der Waals surface area contributed by atoms with Gasteiger partial charge in [-0.2, -0.15) is 0 Å². The summed E-state index contributed by atoms with van der Waals surface area (Å²) in [5.74, 6) is 0.167. The highest BCUT2D eigenvalue weighted by atomic mass is 16.6. The second kappa shape index (κ2) is 8.16. The normalized spacial score (nSPS) is 12.3. The van der Waals surface area contributed by atoms with Crippen molar-refractivity contribution in [3.8, 4) is 11.5 Å². The Bertz CT molecular complexity index is 840. The lowest BCUT2D eigenvalue weighted by atomic mass is 9.97. The van der Waals surface area contributed by atoms with Crippen LogP contribution in [0.15, 0.2) is 30.3 Å². The summed E-state index contributed by atoms with van der Waals surface area (Å²) in [6, 6.07) is 7.90. The number of hydrogen-bond acceptors (Lipinski definition) is 5. The molecule has 7 nitrogen and oxygen atoms in total. The number of carbonyl (C=O) groups is 2. The molecule has 2 aromatic carbocycles. The van der Waals surface area contributed by atoms with Crippen LogP contribution in [0.5, 0.6) is 11.5 Å². The minimum Gasteiger partial charge on any atom is -0.497 e. The molecule has 0 radical (unpaired) electrons. The molecule has 2 N–H and O–H groups in total. The fourth-order valence-electron chi connectivity index (χ4n) is 2.71. The maximum absolute atomic E-state index is 12.0. The lowest BCUT2D eigenvalue weighted by Gasteiger charge is -2.22. The molecule has 0 aromatic heterocycles. The van der Waals surface area contributed by atoms with Gasteiger partial charge in [-0.25, -0.2) is 9.59 Å². The third-order valence-electron chi connectivity index (χ3n) is 3.91. The van der Waals surface area contributed by atoms with Crippen LogP contribution in [0, 0.1) is 0 Å². The van der Waals surface area contributed by atoms with Crippen LogP contribution in [-0.4, -0.2) is 43.0 Å². The molecule has 1 amide bonds. The summed E-state index contributed by atoms with van der Waals surface area (Å²) in [6.07, 6.45) is -0.687. The third-order valence-corrected chi connectivity index (χ3v) is 3.91. The Kier molecular flexibility index (Phi) is 6.15. The molecule has 2 rings (SSSR count). The van der Waals surface area contributed by atoms with Crippen molar-refractivity contribution in [3.05, 3.63) is 35.9 Å². The molecule has 0 saturated heterocycles. The molecule has 1 unspecified atom stereocenters. The lowest BCUT2D eigenvalue weighted by molar-refractivity contribution is -0.139. The van der Waals surface area contributed by atoms with Crippen molar-refractivity contribution in [2.24, 2.45) is 0 Å². The van der Waals surface area contributed by atoms with E-state index in [4.69, 9.17) is 14.2 Å². The number of fused-ring (bicyclic) bond motifs is 1. The van der Waals surface area contributed by atoms with Gasteiger partial charge in [0, 0.05) is 11.8 Å². The van der Waals surface area contributed by atoms with E-state index in [9.17, 15) is 14.7 Å². The van der Waals surface area contributed by atoms with Crippen LogP contribution in [0.2, 0.25) is 0 Å². The number of methoxy groups -OCH3 is 2. The van der Waals surface area contributed by atoms with Crippen molar-refractivity contribution in [2.45, 2.75) is 38.8 Å². The van der Waals surface area contributed by atoms with E-state index in [1.165, 1.54) is 0 Å². The average molecular weight is 375 g/mol. The van der Waals surface area contributed by atoms with Crippen LogP contribution in [-0.2, 0) is 16.0 Å². The first-order valence-electron chi connectivity index (χ1n) is 8.50. The monoisotopic (exact) mass is 375 g/mol. The summed E-state index contributed by atoms with van der Waals surface area (Å²) in [4.78, 5) is 23.7. The summed E-state index contributed by atoms with van der Waals surface area (Å²) in [5, 5.41) is 13.6. The average Bonchev–Trinajstić information content (AvgIpc) is 2.59. The molecule has 0 fully saturated rings. The van der Waals surface area contributed by atoms with Crippen molar-refractivity contribution in [1.29, 1.82) is 0 Å². The third kappa shape index (κ3) is 5.26. The Labute approximate surface area is 158 Å². The van der Waals surface area contributed by atoms with Gasteiger partial charge in [-0.3, -0.25) is 0 Å². The van der Waals surface area contributed by atoms with E-state index in [-0.39, 0.29) is 6.42 Å². The molecular formula is C20H25NO6. The number of benzene rings is 2. The van der Waals surface area contributed by atoms with Gasteiger partial charge in [0.05, 0.1) is 14.2 Å². The van der Waals surface area contributed by atoms with Crippen molar-refractivity contribution < 1.29 is 28.9 Å². The molecule has 2 aromatic rings. The summed E-state index contributed by atoms with van der Waals surface area (Å²) in [6.45, 7) is 5.14. The molecule has 0 aliphatic heterocycles. The number of ether oxygens (including phenoxy) is 3. The standard InChI is InChI=1S/C20H25NO6/c1-20(2,3)27-19(24)21-16(18(22)23)10-12-6-9-17(26-5)14-8-7-13(25-4)11-15(12)14/h6-9,11,16H,10H2,1-5H3,(H,21,24)(H,22,23). The number of hydrogen-bond donors (Lipinski definition) is 2. The maximum atomic E-state index is 12.0. The molecule has 0 spiro atoms. The zero-order valence-corrected chi connectivity index (χ0v) is 16.2. The first-order chi connectivity index (χ1) is 12.6. The second-order valence-electron chi connectivity index (χ2n) is 7.08. The number of alkyl carbamates (subject to hydrolysis) is 1. The van der Waals surface area contributed by atoms with E-state index in [1.807, 2.05) is 18.2 Å². The highest BCUT2D eigenvalue weighted by Crippen LogP contribution is 2.32. The van der Waals surface area contributed by atoms with Crippen molar-refractivity contribution >= 4 is 22.8 Å². The van der Waals surface area contributed by atoms with Crippen LogP contribution < -0.4 is 14.8 Å². The predicted molar refractivity (Wildman–Crippen MR) is 102 cm³/mol. The van der Waals surface area contributed by atoms with E-state index in [0.717, 1.165) is 16.3 Å². The molecule has 0 aliphatic carbocycles. The predicted octanol–water partition coefficient (Wildman–Crippen LogP) is 3.38. The first-order valence-corrected chi connectivity index (χ1v) is 8.50. The highest BCUT2D eigenvalue weighted by molar-refractivity contribution is 5.93. The number of aliphatic carboxylic acids is 1. The van der Waals surface area contributed by atoms with Crippen LogP contribution in [0.25, 0.3) is 10.8 Å². The van der Waals surface area contributed by atoms with Crippen molar-refractivity contribution in [1.82, 2.24) is 5.32 Å². The van der Waals surface area contributed by atoms with Crippen LogP contribution >= 0.6 is 0 Å². The zero-order chi connectivity index (χ0) is 20.2. The Morgan fingerprint density at radius 1 is 1.07 bits per heavy atom. The first kappa shape index (κ1) is 20.4. The van der Waals surface area contributed by atoms with Gasteiger partial charge in [0.2, 0.25) is 0 Å². The maximum Gasteiger partial charge on any atom is 0.408 e. The van der Waals surface area contributed by atoms with Crippen LogP contribution in [0.3, 0.4) is 0 Å². The molecule has 7 heteroatoms. The Morgan fingerprint density at radius 2 is 1.78 bits per heavy atom. The SMILES string of the molecule is COc1ccc2c(OC)ccc(CC(NC(=O)OC(C)(C)C)C(=O)O)c2c1. The van der Waals surface area contributed by atoms with Gasteiger partial charge in [0.1, 0.15) is 23.1 Å². The number of nitrogens with one attached hydrogen (secondary N) is 1. The smallest absolute Gasteiger partial charge is 0.408 e. The van der Waals surface area contributed by atoms with Gasteiger partial charge in [-0.1, -0.05) is 6.07 Å². The fraction of sp³-hybridized carbons (Fsp3) is 0.400. The van der Waals surface area contributed by atoms with Gasteiger partial charge >= 0.3 is 12.1 Å². The van der Waals surface area contributed by atoms with E-state index < -0.39 is 23.7 Å². The van der Waals surface area contributed by atoms with E-state index in [2.05, 4.69) is 5.32 Å². The molecule has 0 bridgehead atoms. The minimum atomic E-state index is -1.15. The van der Waals surface area contributed by atoms with E-state index in [0.29, 0.717) is 11.5 Å². The fourth-order valence-corrected chi connectivity index (χ4v) is 2.71. The van der Waals surface area contributed by atoms with Crippen molar-refractivity contribution in [2.75, 3.05) is 14.2 Å². The summed E-state index contributed by atoms with van der Waals surface area (Å²) >= 11 is 0. The number of carbonyl (C=O) groups excluding carboxylic acids is 1. The molecule has 0 saturated carbocycles. The lowest BCUT2D eigenvalue weighted by Crippen LogP contribution is -2.44. The number of amides is 1. The highest BCUT2D eigenvalue weighted by Gasteiger charge is 2.25. The molecule has 0 heterocycles. The van der Waals surface area contributed by atoms with Gasteiger partial charge in [0.25, 0.3) is 0 Å². The second-order valence-corrected chi connectivity index (χ2v) is 7.08. The summed E-state index contributed by atoms with van der Waals surface area (Å²) < 4.78 is 15.8. The Balaban J connectivity index is 2.36. The summed E-state index contributed by atoms with van der Waals surface area (Å²) in [5.41, 5.74) is 0.0287. The zero-order valence-electron chi connectivity index (χ0n) is 16.2. The van der Waals surface area contributed by atoms with Gasteiger partial charge in [-0.05, 0) is 56.0 Å². The number of rotatable bonds is 6.